The Morgan fingerprint density at radius 1 is 1.19 bits per heavy atom. The number of rotatable bonds is 7. The van der Waals surface area contributed by atoms with Crippen LogP contribution < -0.4 is 10.1 Å². The molecule has 3 rings (SSSR count). The number of halogens is 3. The van der Waals surface area contributed by atoms with Gasteiger partial charge in [0.1, 0.15) is 18.4 Å². The topological polar surface area (TPSA) is 128 Å². The van der Waals surface area contributed by atoms with E-state index in [-0.39, 0.29) is 23.6 Å². The molecular weight excluding hydrogens is 491 g/mol. The van der Waals surface area contributed by atoms with E-state index in [1.165, 1.54) is 43.3 Å². The van der Waals surface area contributed by atoms with Crippen LogP contribution in [-0.4, -0.2) is 47.6 Å². The zero-order valence-electron chi connectivity index (χ0n) is 19.7. The lowest BCUT2D eigenvalue weighted by Crippen LogP contribution is -2.49. The first-order valence-electron chi connectivity index (χ1n) is 10.7. The van der Waals surface area contributed by atoms with Gasteiger partial charge in [-0.25, -0.2) is 9.78 Å². The molecule has 1 N–H and O–H groups in total. The van der Waals surface area contributed by atoms with Crippen LogP contribution >= 0.6 is 0 Å². The molecule has 0 aliphatic carbocycles. The minimum Gasteiger partial charge on any atom is -0.489 e. The van der Waals surface area contributed by atoms with Gasteiger partial charge in [-0.1, -0.05) is 0 Å². The third-order valence-corrected chi connectivity index (χ3v) is 5.17. The number of carbonyl (C=O) groups is 2. The largest absolute Gasteiger partial charge is 0.489 e. The van der Waals surface area contributed by atoms with Crippen molar-refractivity contribution < 1.29 is 32.2 Å². The summed E-state index contributed by atoms with van der Waals surface area (Å²) in [5.74, 6) is -1.56. The first kappa shape index (κ1) is 26.8. The molecule has 190 valence electrons. The van der Waals surface area contributed by atoms with Gasteiger partial charge in [0.25, 0.3) is 5.91 Å². The van der Waals surface area contributed by atoms with Crippen LogP contribution in [0.15, 0.2) is 60.5 Å². The highest BCUT2D eigenvalue weighted by molar-refractivity contribution is 6.00. The summed E-state index contributed by atoms with van der Waals surface area (Å²) in [7, 11) is 1.73. The van der Waals surface area contributed by atoms with Gasteiger partial charge in [0.2, 0.25) is 5.60 Å². The molecule has 1 aliphatic rings. The van der Waals surface area contributed by atoms with Crippen molar-refractivity contribution in [3.63, 3.8) is 0 Å². The standard InChI is InChI=1S/C25H20F3N5O4/c1-24(15-36-19-7-5-16(11-29)6-8-19,37-22(34)17-4-3-9-33(2)14-17)23(35)32-18-10-20(25(26,27)28)21(12-30)31-13-18/h3-10,13H,14-15H2,1-2H3,(H,32,35)/t24-/m0/s1. The van der Waals surface area contributed by atoms with Gasteiger partial charge in [-0.05, 0) is 55.6 Å². The molecule has 0 bridgehead atoms. The molecule has 1 atom stereocenters. The Morgan fingerprint density at radius 3 is 2.49 bits per heavy atom. The first-order valence-corrected chi connectivity index (χ1v) is 10.7. The van der Waals surface area contributed by atoms with Gasteiger partial charge in [0.05, 0.1) is 34.7 Å². The predicted octanol–water partition coefficient (Wildman–Crippen LogP) is 3.55. The van der Waals surface area contributed by atoms with Crippen LogP contribution in [0.1, 0.15) is 23.7 Å². The molecular formula is C25H20F3N5O4. The van der Waals surface area contributed by atoms with Gasteiger partial charge in [-0.2, -0.15) is 23.7 Å². The molecule has 37 heavy (non-hydrogen) atoms. The third-order valence-electron chi connectivity index (χ3n) is 5.17. The van der Waals surface area contributed by atoms with E-state index in [0.717, 1.165) is 6.20 Å². The Morgan fingerprint density at radius 2 is 1.89 bits per heavy atom. The van der Waals surface area contributed by atoms with Gasteiger partial charge >= 0.3 is 12.1 Å². The van der Waals surface area contributed by atoms with E-state index in [2.05, 4.69) is 10.3 Å². The lowest BCUT2D eigenvalue weighted by atomic mass is 10.1. The minimum absolute atomic E-state index is 0.206. The number of hydrogen-bond acceptors (Lipinski definition) is 8. The van der Waals surface area contributed by atoms with E-state index in [1.807, 2.05) is 6.07 Å². The Kier molecular flexibility index (Phi) is 7.83. The van der Waals surface area contributed by atoms with E-state index >= 15 is 0 Å². The van der Waals surface area contributed by atoms with Crippen molar-refractivity contribution in [3.05, 3.63) is 77.3 Å². The van der Waals surface area contributed by atoms with Gasteiger partial charge in [-0.15, -0.1) is 0 Å². The number of aromatic nitrogens is 1. The molecule has 0 unspecified atom stereocenters. The molecule has 0 saturated carbocycles. The summed E-state index contributed by atoms with van der Waals surface area (Å²) >= 11 is 0. The molecule has 0 fully saturated rings. The van der Waals surface area contributed by atoms with Gasteiger partial charge in [0.15, 0.2) is 5.69 Å². The second-order valence-corrected chi connectivity index (χ2v) is 8.18. The van der Waals surface area contributed by atoms with Crippen molar-refractivity contribution in [1.29, 1.82) is 10.5 Å². The summed E-state index contributed by atoms with van der Waals surface area (Å²) < 4.78 is 51.1. The molecule has 0 spiro atoms. The second-order valence-electron chi connectivity index (χ2n) is 8.18. The van der Waals surface area contributed by atoms with Crippen molar-refractivity contribution in [2.45, 2.75) is 18.7 Å². The maximum atomic E-state index is 13.3. The number of pyridine rings is 1. The summed E-state index contributed by atoms with van der Waals surface area (Å²) in [6.45, 7) is 0.942. The SMILES string of the molecule is CN1C=CC=C(C(=O)O[C@@](C)(COc2ccc(C#N)cc2)C(=O)Nc2cnc(C#N)c(C(F)(F)F)c2)C1. The fourth-order valence-corrected chi connectivity index (χ4v) is 3.17. The Balaban J connectivity index is 1.88. The number of esters is 1. The summed E-state index contributed by atoms with van der Waals surface area (Å²) in [5, 5.41) is 20.1. The highest BCUT2D eigenvalue weighted by Gasteiger charge is 2.41. The number of likely N-dealkylation sites (N-methyl/N-ethyl adjacent to an activating group) is 1. The van der Waals surface area contributed by atoms with Crippen LogP contribution in [0.2, 0.25) is 0 Å². The number of nitrogens with one attached hydrogen (secondary N) is 1. The van der Waals surface area contributed by atoms with E-state index < -0.39 is 41.5 Å². The van der Waals surface area contributed by atoms with E-state index in [0.29, 0.717) is 11.6 Å². The summed E-state index contributed by atoms with van der Waals surface area (Å²) in [6, 6.07) is 9.78. The number of carbonyl (C=O) groups excluding carboxylic acids is 2. The average Bonchev–Trinajstić information content (AvgIpc) is 2.87. The van der Waals surface area contributed by atoms with Gasteiger partial charge in [-0.3, -0.25) is 4.79 Å². The minimum atomic E-state index is -4.89. The third kappa shape index (κ3) is 6.64. The molecule has 2 aromatic rings. The fourth-order valence-electron chi connectivity index (χ4n) is 3.17. The van der Waals surface area contributed by atoms with Crippen molar-refractivity contribution in [2.75, 3.05) is 25.5 Å². The number of alkyl halides is 3. The maximum absolute atomic E-state index is 13.3. The smallest absolute Gasteiger partial charge is 0.419 e. The molecule has 12 heteroatoms. The Bertz CT molecular complexity index is 1340. The van der Waals surface area contributed by atoms with Crippen LogP contribution in [0.25, 0.3) is 0 Å². The van der Waals surface area contributed by atoms with Crippen molar-refractivity contribution in [2.24, 2.45) is 0 Å². The molecule has 0 radical (unpaired) electrons. The van der Waals surface area contributed by atoms with Gasteiger partial charge < -0.3 is 19.7 Å². The van der Waals surface area contributed by atoms with Crippen LogP contribution in [0.5, 0.6) is 5.75 Å². The molecule has 1 aliphatic heterocycles. The molecule has 1 aromatic heterocycles. The number of ether oxygens (including phenoxy) is 2. The molecule has 1 aromatic carbocycles. The highest BCUT2D eigenvalue weighted by Crippen LogP contribution is 2.33. The second kappa shape index (κ2) is 10.8. The van der Waals surface area contributed by atoms with Crippen molar-refractivity contribution >= 4 is 17.6 Å². The normalized spacial score (nSPS) is 14.5. The zero-order chi connectivity index (χ0) is 27.2. The van der Waals surface area contributed by atoms with E-state index in [4.69, 9.17) is 20.0 Å². The number of benzene rings is 1. The number of nitriles is 2. The first-order chi connectivity index (χ1) is 17.4. The van der Waals surface area contributed by atoms with Crippen LogP contribution in [-0.2, 0) is 20.5 Å². The maximum Gasteiger partial charge on any atom is 0.419 e. The fraction of sp³-hybridized carbons (Fsp3) is 0.240. The van der Waals surface area contributed by atoms with Crippen molar-refractivity contribution in [1.82, 2.24) is 9.88 Å². The molecule has 2 heterocycles. The van der Waals surface area contributed by atoms with Crippen molar-refractivity contribution in [3.8, 4) is 17.9 Å². The Labute approximate surface area is 210 Å². The lowest BCUT2D eigenvalue weighted by Gasteiger charge is -2.29. The van der Waals surface area contributed by atoms with Crippen LogP contribution in [0, 0.1) is 22.7 Å². The number of hydrogen-bond donors (Lipinski definition) is 1. The average molecular weight is 511 g/mol. The molecule has 9 nitrogen and oxygen atoms in total. The summed E-state index contributed by atoms with van der Waals surface area (Å²) in [6.07, 6.45) is 0.861. The molecule has 0 saturated heterocycles. The van der Waals surface area contributed by atoms with Crippen LogP contribution in [0.3, 0.4) is 0 Å². The van der Waals surface area contributed by atoms with Crippen LogP contribution in [0.4, 0.5) is 18.9 Å². The summed E-state index contributed by atoms with van der Waals surface area (Å²) in [4.78, 5) is 31.3. The molecule has 1 amide bonds. The predicted molar refractivity (Wildman–Crippen MR) is 124 cm³/mol. The monoisotopic (exact) mass is 511 g/mol. The number of nitrogens with zero attached hydrogens (tertiary/aromatic N) is 4. The lowest BCUT2D eigenvalue weighted by molar-refractivity contribution is -0.164. The van der Waals surface area contributed by atoms with Gasteiger partial charge in [0, 0.05) is 13.6 Å². The number of anilines is 1. The highest BCUT2D eigenvalue weighted by atomic mass is 19.4. The Hall–Kier alpha value is -4.84. The number of amides is 1. The quantitative estimate of drug-likeness (QED) is 0.559. The van der Waals surface area contributed by atoms with E-state index in [9.17, 15) is 22.8 Å². The summed E-state index contributed by atoms with van der Waals surface area (Å²) in [5.41, 5.74) is -3.95. The van der Waals surface area contributed by atoms with E-state index in [1.54, 1.807) is 24.2 Å². The zero-order valence-corrected chi connectivity index (χ0v) is 19.7. The number of allylic oxidation sites excluding steroid dienone is 2.